The maximum Gasteiger partial charge on any atom is 0.236 e. The van der Waals surface area contributed by atoms with Crippen molar-refractivity contribution in [3.8, 4) is 0 Å². The third-order valence-corrected chi connectivity index (χ3v) is 2.39. The molecule has 90 valence electrons. The zero-order valence-corrected chi connectivity index (χ0v) is 9.94. The van der Waals surface area contributed by atoms with E-state index in [1.807, 2.05) is 19.3 Å². The second kappa shape index (κ2) is 6.27. The lowest BCUT2D eigenvalue weighted by atomic mass is 10.2. The quantitative estimate of drug-likeness (QED) is 0.699. The van der Waals surface area contributed by atoms with Gasteiger partial charge in [0.05, 0.1) is 12.7 Å². The SMILES string of the molecule is CCCc1cnn(CC(NCC)C(N)=O)c1. The molecule has 0 radical (unpaired) electrons. The highest BCUT2D eigenvalue weighted by Gasteiger charge is 2.14. The van der Waals surface area contributed by atoms with Crippen LogP contribution in [-0.4, -0.2) is 28.3 Å². The van der Waals surface area contributed by atoms with Crippen LogP contribution in [0, 0.1) is 0 Å². The van der Waals surface area contributed by atoms with Crippen molar-refractivity contribution in [2.75, 3.05) is 6.54 Å². The fraction of sp³-hybridized carbons (Fsp3) is 0.636. The summed E-state index contributed by atoms with van der Waals surface area (Å²) in [7, 11) is 0. The molecule has 0 saturated heterocycles. The van der Waals surface area contributed by atoms with Crippen LogP contribution in [0.3, 0.4) is 0 Å². The first-order valence-electron chi connectivity index (χ1n) is 5.71. The van der Waals surface area contributed by atoms with Gasteiger partial charge in [0.25, 0.3) is 0 Å². The average molecular weight is 224 g/mol. The molecule has 0 spiro atoms. The predicted molar refractivity (Wildman–Crippen MR) is 62.9 cm³/mol. The van der Waals surface area contributed by atoms with Crippen LogP contribution >= 0.6 is 0 Å². The largest absolute Gasteiger partial charge is 0.368 e. The Morgan fingerprint density at radius 3 is 2.94 bits per heavy atom. The van der Waals surface area contributed by atoms with Gasteiger partial charge in [-0.05, 0) is 18.5 Å². The number of hydrogen-bond donors (Lipinski definition) is 2. The van der Waals surface area contributed by atoms with E-state index in [0.29, 0.717) is 6.54 Å². The van der Waals surface area contributed by atoms with E-state index in [9.17, 15) is 4.79 Å². The fourth-order valence-electron chi connectivity index (χ4n) is 1.61. The Labute approximate surface area is 96.0 Å². The molecular formula is C11H20N4O. The Morgan fingerprint density at radius 2 is 2.38 bits per heavy atom. The van der Waals surface area contributed by atoms with Gasteiger partial charge < -0.3 is 11.1 Å². The maximum atomic E-state index is 11.1. The number of nitrogens with one attached hydrogen (secondary N) is 1. The van der Waals surface area contributed by atoms with E-state index in [1.165, 1.54) is 5.56 Å². The molecule has 0 fully saturated rings. The third-order valence-electron chi connectivity index (χ3n) is 2.39. The highest BCUT2D eigenvalue weighted by molar-refractivity contribution is 5.79. The van der Waals surface area contributed by atoms with Crippen molar-refractivity contribution in [2.45, 2.75) is 39.3 Å². The van der Waals surface area contributed by atoms with Crippen LogP contribution in [0.1, 0.15) is 25.8 Å². The second-order valence-corrected chi connectivity index (χ2v) is 3.83. The van der Waals surface area contributed by atoms with Crippen molar-refractivity contribution in [1.29, 1.82) is 0 Å². The Balaban J connectivity index is 2.58. The van der Waals surface area contributed by atoms with Crippen molar-refractivity contribution in [2.24, 2.45) is 5.73 Å². The molecule has 0 aliphatic heterocycles. The summed E-state index contributed by atoms with van der Waals surface area (Å²) in [6.07, 6.45) is 5.92. The van der Waals surface area contributed by atoms with E-state index in [1.54, 1.807) is 4.68 Å². The van der Waals surface area contributed by atoms with Crippen molar-refractivity contribution >= 4 is 5.91 Å². The molecule has 0 bridgehead atoms. The van der Waals surface area contributed by atoms with Crippen LogP contribution in [0.25, 0.3) is 0 Å². The van der Waals surface area contributed by atoms with Crippen molar-refractivity contribution in [3.63, 3.8) is 0 Å². The van der Waals surface area contributed by atoms with E-state index in [0.717, 1.165) is 19.4 Å². The van der Waals surface area contributed by atoms with Gasteiger partial charge in [-0.2, -0.15) is 5.10 Å². The molecule has 1 aromatic heterocycles. The van der Waals surface area contributed by atoms with Gasteiger partial charge >= 0.3 is 0 Å². The van der Waals surface area contributed by atoms with Crippen LogP contribution in [0.5, 0.6) is 0 Å². The summed E-state index contributed by atoms with van der Waals surface area (Å²) < 4.78 is 1.77. The zero-order chi connectivity index (χ0) is 12.0. The van der Waals surface area contributed by atoms with Crippen molar-refractivity contribution in [3.05, 3.63) is 18.0 Å². The molecule has 5 nitrogen and oxygen atoms in total. The zero-order valence-electron chi connectivity index (χ0n) is 9.94. The molecule has 1 rings (SSSR count). The van der Waals surface area contributed by atoms with Gasteiger partial charge in [-0.25, -0.2) is 0 Å². The summed E-state index contributed by atoms with van der Waals surface area (Å²) in [6.45, 7) is 5.29. The molecule has 5 heteroatoms. The summed E-state index contributed by atoms with van der Waals surface area (Å²) in [4.78, 5) is 11.1. The Bertz CT molecular complexity index is 334. The molecule has 1 aromatic rings. The normalized spacial score (nSPS) is 12.6. The van der Waals surface area contributed by atoms with Gasteiger partial charge in [-0.1, -0.05) is 20.3 Å². The minimum atomic E-state index is -0.348. The minimum absolute atomic E-state index is 0.339. The average Bonchev–Trinajstić information content (AvgIpc) is 2.65. The van der Waals surface area contributed by atoms with E-state index in [4.69, 9.17) is 5.73 Å². The lowest BCUT2D eigenvalue weighted by Gasteiger charge is -2.13. The second-order valence-electron chi connectivity index (χ2n) is 3.83. The maximum absolute atomic E-state index is 11.1. The molecule has 0 aromatic carbocycles. The van der Waals surface area contributed by atoms with Crippen molar-refractivity contribution < 1.29 is 4.79 Å². The van der Waals surface area contributed by atoms with Crippen LogP contribution in [0.15, 0.2) is 12.4 Å². The standard InChI is InChI=1S/C11H20N4O/c1-3-5-9-6-14-15(7-9)8-10(11(12)16)13-4-2/h6-7,10,13H,3-5,8H2,1-2H3,(H2,12,16). The Hall–Kier alpha value is -1.36. The number of amides is 1. The molecule has 0 aliphatic carbocycles. The number of likely N-dealkylation sites (N-methyl/N-ethyl adjacent to an activating group) is 1. The van der Waals surface area contributed by atoms with Gasteiger partial charge in [-0.15, -0.1) is 0 Å². The van der Waals surface area contributed by atoms with Gasteiger partial charge in [0.1, 0.15) is 6.04 Å². The first kappa shape index (κ1) is 12.7. The highest BCUT2D eigenvalue weighted by Crippen LogP contribution is 2.02. The van der Waals surface area contributed by atoms with Crippen molar-refractivity contribution in [1.82, 2.24) is 15.1 Å². The minimum Gasteiger partial charge on any atom is -0.368 e. The number of carbonyl (C=O) groups is 1. The number of nitrogens with zero attached hydrogens (tertiary/aromatic N) is 2. The van der Waals surface area contributed by atoms with Gasteiger partial charge in [0.2, 0.25) is 5.91 Å². The molecule has 3 N–H and O–H groups in total. The fourth-order valence-corrected chi connectivity index (χ4v) is 1.61. The predicted octanol–water partition coefficient (Wildman–Crippen LogP) is 0.299. The molecule has 1 amide bonds. The first-order valence-corrected chi connectivity index (χ1v) is 5.71. The topological polar surface area (TPSA) is 72.9 Å². The van der Waals surface area contributed by atoms with Crippen LogP contribution in [0.4, 0.5) is 0 Å². The molecule has 16 heavy (non-hydrogen) atoms. The molecule has 0 saturated carbocycles. The molecule has 0 aliphatic rings. The molecule has 1 atom stereocenters. The number of carbonyl (C=O) groups excluding carboxylic acids is 1. The number of rotatable bonds is 7. The van der Waals surface area contributed by atoms with E-state index in [2.05, 4.69) is 17.3 Å². The van der Waals surface area contributed by atoms with Gasteiger partial charge in [0, 0.05) is 6.20 Å². The Morgan fingerprint density at radius 1 is 1.62 bits per heavy atom. The smallest absolute Gasteiger partial charge is 0.236 e. The summed E-state index contributed by atoms with van der Waals surface area (Å²) in [5.41, 5.74) is 6.49. The lowest BCUT2D eigenvalue weighted by Crippen LogP contribution is -2.44. The molecule has 1 heterocycles. The lowest BCUT2D eigenvalue weighted by molar-refractivity contribution is -0.120. The summed E-state index contributed by atoms with van der Waals surface area (Å²) in [5.74, 6) is -0.339. The monoisotopic (exact) mass is 224 g/mol. The van der Waals surface area contributed by atoms with Crippen LogP contribution in [-0.2, 0) is 17.8 Å². The molecular weight excluding hydrogens is 204 g/mol. The molecule has 1 unspecified atom stereocenters. The van der Waals surface area contributed by atoms with Gasteiger partial charge in [0.15, 0.2) is 0 Å². The van der Waals surface area contributed by atoms with Gasteiger partial charge in [-0.3, -0.25) is 9.48 Å². The van der Waals surface area contributed by atoms with E-state index >= 15 is 0 Å². The van der Waals surface area contributed by atoms with E-state index in [-0.39, 0.29) is 11.9 Å². The van der Waals surface area contributed by atoms with E-state index < -0.39 is 0 Å². The summed E-state index contributed by atoms with van der Waals surface area (Å²) in [5, 5.41) is 7.24. The Kier molecular flexibility index (Phi) is 4.98. The highest BCUT2D eigenvalue weighted by atomic mass is 16.1. The first-order chi connectivity index (χ1) is 7.67. The van der Waals surface area contributed by atoms with Crippen LogP contribution in [0.2, 0.25) is 0 Å². The number of aromatic nitrogens is 2. The number of nitrogens with two attached hydrogens (primary N) is 1. The number of primary amides is 1. The number of aryl methyl sites for hydroxylation is 1. The van der Waals surface area contributed by atoms with Crippen LogP contribution < -0.4 is 11.1 Å². The summed E-state index contributed by atoms with van der Waals surface area (Å²) in [6, 6.07) is -0.348. The number of hydrogen-bond acceptors (Lipinski definition) is 3. The summed E-state index contributed by atoms with van der Waals surface area (Å²) >= 11 is 0. The third kappa shape index (κ3) is 3.66.